The van der Waals surface area contributed by atoms with Crippen LogP contribution in [0.4, 0.5) is 5.82 Å². The fraction of sp³-hybridized carbons (Fsp3) is 0.444. The Bertz CT molecular complexity index is 792. The van der Waals surface area contributed by atoms with Crippen molar-refractivity contribution in [1.82, 2.24) is 19.9 Å². The highest BCUT2D eigenvalue weighted by atomic mass is 16.5. The number of hydrogen-bond donors (Lipinski definition) is 2. The van der Waals surface area contributed by atoms with E-state index < -0.39 is 0 Å². The molecular formula is C18H23N5O. The lowest BCUT2D eigenvalue weighted by Crippen LogP contribution is -2.22. The van der Waals surface area contributed by atoms with Gasteiger partial charge in [0.25, 0.3) is 0 Å². The van der Waals surface area contributed by atoms with Gasteiger partial charge in [0.1, 0.15) is 18.2 Å². The van der Waals surface area contributed by atoms with Gasteiger partial charge in [-0.25, -0.2) is 9.50 Å². The highest BCUT2D eigenvalue weighted by Gasteiger charge is 2.18. The van der Waals surface area contributed by atoms with Crippen molar-refractivity contribution in [3.05, 3.63) is 41.9 Å². The minimum absolute atomic E-state index is 0.444. The Balaban J connectivity index is 1.75. The maximum atomic E-state index is 5.95. The van der Waals surface area contributed by atoms with Crippen LogP contribution in [0.25, 0.3) is 11.2 Å². The predicted octanol–water partition coefficient (Wildman–Crippen LogP) is 2.46. The van der Waals surface area contributed by atoms with Crippen LogP contribution in [0.2, 0.25) is 0 Å². The topological polar surface area (TPSA) is 63.5 Å². The number of ether oxygens (including phenoxy) is 1. The number of anilines is 1. The Hall–Kier alpha value is -2.34. The Labute approximate surface area is 141 Å². The summed E-state index contributed by atoms with van der Waals surface area (Å²) >= 11 is 0. The largest absolute Gasteiger partial charge is 0.493 e. The van der Waals surface area contributed by atoms with Crippen molar-refractivity contribution in [3.63, 3.8) is 0 Å². The summed E-state index contributed by atoms with van der Waals surface area (Å²) in [4.78, 5) is 4.77. The second-order valence-corrected chi connectivity index (χ2v) is 6.44. The monoisotopic (exact) mass is 325 g/mol. The van der Waals surface area contributed by atoms with Gasteiger partial charge in [0, 0.05) is 24.8 Å². The molecule has 1 atom stereocenters. The van der Waals surface area contributed by atoms with Crippen LogP contribution in [0.5, 0.6) is 0 Å². The number of allylic oxidation sites excluding steroid dienone is 3. The van der Waals surface area contributed by atoms with E-state index in [0.717, 1.165) is 55.3 Å². The number of rotatable bonds is 0. The molecule has 0 spiro atoms. The summed E-state index contributed by atoms with van der Waals surface area (Å²) in [6, 6.07) is 1.97. The molecule has 0 saturated carbocycles. The summed E-state index contributed by atoms with van der Waals surface area (Å²) in [7, 11) is 0. The lowest BCUT2D eigenvalue weighted by atomic mass is 9.91. The van der Waals surface area contributed by atoms with Gasteiger partial charge < -0.3 is 15.4 Å². The van der Waals surface area contributed by atoms with Gasteiger partial charge in [0.05, 0.1) is 6.20 Å². The van der Waals surface area contributed by atoms with Crippen molar-refractivity contribution >= 4 is 17.0 Å². The Kier molecular flexibility index (Phi) is 4.21. The van der Waals surface area contributed by atoms with E-state index in [4.69, 9.17) is 9.72 Å². The molecule has 2 aromatic rings. The molecule has 1 unspecified atom stereocenters. The highest BCUT2D eigenvalue weighted by Crippen LogP contribution is 2.32. The number of hydrogen-bond acceptors (Lipinski definition) is 5. The molecule has 3 heterocycles. The third kappa shape index (κ3) is 3.14. The SMILES string of the molecule is CC1C=C2C=C(C1)c1cnn3ccc(nc13)NCCCNCCO2. The molecule has 0 radical (unpaired) electrons. The van der Waals surface area contributed by atoms with Gasteiger partial charge in [-0.3, -0.25) is 0 Å². The lowest BCUT2D eigenvalue weighted by molar-refractivity contribution is 0.221. The average molecular weight is 325 g/mol. The van der Waals surface area contributed by atoms with Crippen LogP contribution < -0.4 is 10.6 Å². The maximum Gasteiger partial charge on any atom is 0.164 e. The summed E-state index contributed by atoms with van der Waals surface area (Å²) in [6.07, 6.45) is 10.2. The average Bonchev–Trinajstić information content (AvgIpc) is 2.99. The number of aromatic nitrogens is 3. The van der Waals surface area contributed by atoms with Crippen molar-refractivity contribution in [3.8, 4) is 0 Å². The Morgan fingerprint density at radius 3 is 3.21 bits per heavy atom. The van der Waals surface area contributed by atoms with Crippen molar-refractivity contribution in [2.45, 2.75) is 19.8 Å². The van der Waals surface area contributed by atoms with Gasteiger partial charge >= 0.3 is 0 Å². The number of fused-ring (bicyclic) bond motifs is 3. The van der Waals surface area contributed by atoms with Crippen LogP contribution in [0.1, 0.15) is 25.3 Å². The Morgan fingerprint density at radius 2 is 2.25 bits per heavy atom. The zero-order valence-electron chi connectivity index (χ0n) is 14.0. The molecule has 2 aliphatic rings. The maximum absolute atomic E-state index is 5.95. The Morgan fingerprint density at radius 1 is 1.29 bits per heavy atom. The summed E-state index contributed by atoms with van der Waals surface area (Å²) in [5, 5.41) is 11.3. The van der Waals surface area contributed by atoms with Crippen LogP contribution in [-0.2, 0) is 4.74 Å². The molecule has 1 aliphatic heterocycles. The molecule has 6 heteroatoms. The summed E-state index contributed by atoms with van der Waals surface area (Å²) in [5.41, 5.74) is 3.22. The zero-order chi connectivity index (χ0) is 16.4. The van der Waals surface area contributed by atoms with E-state index in [1.165, 1.54) is 5.57 Å². The molecule has 0 saturated heterocycles. The van der Waals surface area contributed by atoms with Crippen LogP contribution in [-0.4, -0.2) is 40.8 Å². The lowest BCUT2D eigenvalue weighted by Gasteiger charge is -2.19. The molecular weight excluding hydrogens is 302 g/mol. The molecule has 2 N–H and O–H groups in total. The minimum atomic E-state index is 0.444. The first kappa shape index (κ1) is 15.2. The molecule has 4 rings (SSSR count). The molecule has 6 nitrogen and oxygen atoms in total. The summed E-state index contributed by atoms with van der Waals surface area (Å²) in [6.45, 7) is 5.62. The molecule has 0 amide bonds. The van der Waals surface area contributed by atoms with Gasteiger partial charge in [-0.05, 0) is 49.1 Å². The van der Waals surface area contributed by atoms with E-state index in [-0.39, 0.29) is 0 Å². The normalized spacial score (nSPS) is 22.0. The van der Waals surface area contributed by atoms with Gasteiger partial charge in [0.15, 0.2) is 5.65 Å². The van der Waals surface area contributed by atoms with E-state index >= 15 is 0 Å². The first-order valence-corrected chi connectivity index (χ1v) is 8.64. The van der Waals surface area contributed by atoms with Crippen molar-refractivity contribution in [1.29, 1.82) is 0 Å². The van der Waals surface area contributed by atoms with E-state index in [0.29, 0.717) is 12.5 Å². The molecule has 0 aromatic carbocycles. The van der Waals surface area contributed by atoms with E-state index in [1.54, 1.807) is 0 Å². The highest BCUT2D eigenvalue weighted by molar-refractivity contribution is 5.78. The number of nitrogens with one attached hydrogen (secondary N) is 2. The number of nitrogens with zero attached hydrogens (tertiary/aromatic N) is 3. The summed E-state index contributed by atoms with van der Waals surface area (Å²) in [5.74, 6) is 2.30. The van der Waals surface area contributed by atoms with Gasteiger partial charge in [-0.2, -0.15) is 5.10 Å². The second kappa shape index (κ2) is 6.65. The third-order valence-electron chi connectivity index (χ3n) is 4.41. The molecule has 4 bridgehead atoms. The van der Waals surface area contributed by atoms with Crippen molar-refractivity contribution in [2.75, 3.05) is 31.6 Å². The van der Waals surface area contributed by atoms with Crippen molar-refractivity contribution < 1.29 is 4.74 Å². The minimum Gasteiger partial charge on any atom is -0.493 e. The molecule has 1 aliphatic carbocycles. The molecule has 2 aromatic heterocycles. The van der Waals surface area contributed by atoms with Crippen LogP contribution in [0.3, 0.4) is 0 Å². The van der Waals surface area contributed by atoms with Crippen LogP contribution >= 0.6 is 0 Å². The first-order valence-electron chi connectivity index (χ1n) is 8.64. The quantitative estimate of drug-likeness (QED) is 0.779. The van der Waals surface area contributed by atoms with Crippen LogP contribution in [0.15, 0.2) is 36.4 Å². The fourth-order valence-electron chi connectivity index (χ4n) is 3.23. The zero-order valence-corrected chi connectivity index (χ0v) is 14.0. The van der Waals surface area contributed by atoms with E-state index in [1.807, 2.05) is 23.0 Å². The third-order valence-corrected chi connectivity index (χ3v) is 4.41. The van der Waals surface area contributed by atoms with E-state index in [9.17, 15) is 0 Å². The standard InChI is InChI=1S/C18H23N5O/c1-13-9-14-11-15(10-13)24-8-6-19-4-2-5-20-17-3-7-23-18(22-17)16(14)12-21-23/h3,7,10-13,19H,2,4-6,8-9H2,1H3,(H,20,22). The van der Waals surface area contributed by atoms with E-state index in [2.05, 4.69) is 34.8 Å². The van der Waals surface area contributed by atoms with Crippen molar-refractivity contribution in [2.24, 2.45) is 5.92 Å². The molecule has 0 fully saturated rings. The smallest absolute Gasteiger partial charge is 0.164 e. The second-order valence-electron chi connectivity index (χ2n) is 6.44. The van der Waals surface area contributed by atoms with Gasteiger partial charge in [-0.15, -0.1) is 0 Å². The first-order chi connectivity index (χ1) is 11.8. The summed E-state index contributed by atoms with van der Waals surface area (Å²) < 4.78 is 7.78. The van der Waals surface area contributed by atoms with Gasteiger partial charge in [0.2, 0.25) is 0 Å². The molecule has 24 heavy (non-hydrogen) atoms. The molecule has 126 valence electrons. The van der Waals surface area contributed by atoms with Crippen LogP contribution in [0, 0.1) is 5.92 Å². The van der Waals surface area contributed by atoms with Gasteiger partial charge in [-0.1, -0.05) is 6.92 Å². The fourth-order valence-corrected chi connectivity index (χ4v) is 3.23. The predicted molar refractivity (Wildman–Crippen MR) is 94.8 cm³/mol.